The summed E-state index contributed by atoms with van der Waals surface area (Å²) in [4.78, 5) is 23.9. The van der Waals surface area contributed by atoms with Crippen LogP contribution in [0.25, 0.3) is 0 Å². The van der Waals surface area contributed by atoms with Crippen molar-refractivity contribution in [1.82, 2.24) is 0 Å². The molecule has 1 amide bonds. The fourth-order valence-electron chi connectivity index (χ4n) is 1.79. The number of esters is 1. The molecule has 5 nitrogen and oxygen atoms in total. The molecule has 0 aliphatic rings. The Morgan fingerprint density at radius 2 is 1.75 bits per heavy atom. The minimum Gasteiger partial charge on any atom is -0.452 e. The molecular formula is C16H9Cl3N2O3. The molecule has 0 unspecified atom stereocenters. The molecule has 1 N–H and O–H groups in total. The number of para-hydroxylation sites is 1. The number of rotatable bonds is 4. The van der Waals surface area contributed by atoms with Crippen LogP contribution < -0.4 is 5.32 Å². The Morgan fingerprint density at radius 3 is 2.46 bits per heavy atom. The molecule has 0 heterocycles. The highest BCUT2D eigenvalue weighted by Crippen LogP contribution is 2.31. The number of anilines is 1. The number of halogens is 3. The predicted octanol–water partition coefficient (Wildman–Crippen LogP) is 4.31. The van der Waals surface area contributed by atoms with Gasteiger partial charge in [0.2, 0.25) is 0 Å². The average molecular weight is 384 g/mol. The normalized spacial score (nSPS) is 9.92. The zero-order valence-corrected chi connectivity index (χ0v) is 14.2. The van der Waals surface area contributed by atoms with Gasteiger partial charge in [-0.3, -0.25) is 4.79 Å². The summed E-state index contributed by atoms with van der Waals surface area (Å²) in [5, 5.41) is 11.6. The highest BCUT2D eigenvalue weighted by molar-refractivity contribution is 6.46. The number of nitrogens with one attached hydrogen (secondary N) is 1. The molecule has 0 saturated carbocycles. The Kier molecular flexibility index (Phi) is 6.04. The quantitative estimate of drug-likeness (QED) is 0.630. The second-order valence-corrected chi connectivity index (χ2v) is 5.69. The number of amides is 1. The summed E-state index contributed by atoms with van der Waals surface area (Å²) in [6.07, 6.45) is 0. The highest BCUT2D eigenvalue weighted by Gasteiger charge is 2.20. The first kappa shape index (κ1) is 18.1. The first-order valence-electron chi connectivity index (χ1n) is 6.53. The molecule has 24 heavy (non-hydrogen) atoms. The lowest BCUT2D eigenvalue weighted by Gasteiger charge is -2.10. The molecular weight excluding hydrogens is 375 g/mol. The monoisotopic (exact) mass is 382 g/mol. The molecule has 0 fully saturated rings. The zero-order chi connectivity index (χ0) is 17.7. The standard InChI is InChI=1S/C16H9Cl3N2O3/c17-10-5-6-11(18)15(19)14(10)16(23)24-8-13(22)21-12-4-2-1-3-9(12)7-20/h1-6H,8H2,(H,21,22). The summed E-state index contributed by atoms with van der Waals surface area (Å²) in [5.41, 5.74) is 0.494. The topological polar surface area (TPSA) is 79.2 Å². The molecule has 2 rings (SSSR count). The van der Waals surface area contributed by atoms with Crippen molar-refractivity contribution in [2.75, 3.05) is 11.9 Å². The van der Waals surface area contributed by atoms with Gasteiger partial charge < -0.3 is 10.1 Å². The number of benzene rings is 2. The zero-order valence-electron chi connectivity index (χ0n) is 12.0. The largest absolute Gasteiger partial charge is 0.452 e. The van der Waals surface area contributed by atoms with Crippen molar-refractivity contribution in [2.24, 2.45) is 0 Å². The lowest BCUT2D eigenvalue weighted by atomic mass is 10.2. The molecule has 2 aromatic carbocycles. The van der Waals surface area contributed by atoms with Gasteiger partial charge in [0.1, 0.15) is 6.07 Å². The average Bonchev–Trinajstić information content (AvgIpc) is 2.57. The third-order valence-corrected chi connectivity index (χ3v) is 4.02. The van der Waals surface area contributed by atoms with E-state index in [2.05, 4.69) is 5.32 Å². The van der Waals surface area contributed by atoms with Crippen molar-refractivity contribution < 1.29 is 14.3 Å². The summed E-state index contributed by atoms with van der Waals surface area (Å²) >= 11 is 17.6. The van der Waals surface area contributed by atoms with Gasteiger partial charge in [-0.1, -0.05) is 46.9 Å². The van der Waals surface area contributed by atoms with Crippen LogP contribution in [0.2, 0.25) is 15.1 Å². The Bertz CT molecular complexity index is 847. The van der Waals surface area contributed by atoms with Gasteiger partial charge in [-0.25, -0.2) is 4.79 Å². The van der Waals surface area contributed by atoms with Gasteiger partial charge in [0, 0.05) is 0 Å². The molecule has 0 aliphatic heterocycles. The number of ether oxygens (including phenoxy) is 1. The third-order valence-electron chi connectivity index (χ3n) is 2.90. The second kappa shape index (κ2) is 8.02. The number of nitrogens with zero attached hydrogens (tertiary/aromatic N) is 1. The predicted molar refractivity (Wildman–Crippen MR) is 91.5 cm³/mol. The molecule has 0 bridgehead atoms. The molecule has 2 aromatic rings. The number of carbonyl (C=O) groups is 2. The van der Waals surface area contributed by atoms with Crippen LogP contribution in [0, 0.1) is 11.3 Å². The van der Waals surface area contributed by atoms with Gasteiger partial charge in [0.15, 0.2) is 6.61 Å². The molecule has 0 atom stereocenters. The highest BCUT2D eigenvalue weighted by atomic mass is 35.5. The van der Waals surface area contributed by atoms with E-state index in [1.54, 1.807) is 24.3 Å². The van der Waals surface area contributed by atoms with Gasteiger partial charge in [0.05, 0.1) is 31.9 Å². The summed E-state index contributed by atoms with van der Waals surface area (Å²) in [7, 11) is 0. The number of carbonyl (C=O) groups excluding carboxylic acids is 2. The lowest BCUT2D eigenvalue weighted by Crippen LogP contribution is -2.21. The van der Waals surface area contributed by atoms with E-state index in [0.717, 1.165) is 0 Å². The van der Waals surface area contributed by atoms with Crippen molar-refractivity contribution in [3.8, 4) is 6.07 Å². The van der Waals surface area contributed by atoms with Crippen LogP contribution in [-0.2, 0) is 9.53 Å². The Morgan fingerprint density at radius 1 is 1.08 bits per heavy atom. The fraction of sp³-hybridized carbons (Fsp3) is 0.0625. The third kappa shape index (κ3) is 4.18. The van der Waals surface area contributed by atoms with Gasteiger partial charge in [0.25, 0.3) is 5.91 Å². The smallest absolute Gasteiger partial charge is 0.341 e. The lowest BCUT2D eigenvalue weighted by molar-refractivity contribution is -0.119. The van der Waals surface area contributed by atoms with Crippen LogP contribution in [0.15, 0.2) is 36.4 Å². The van der Waals surface area contributed by atoms with Crippen LogP contribution in [0.5, 0.6) is 0 Å². The minimum absolute atomic E-state index is 0.0515. The maximum absolute atomic E-state index is 12.0. The van der Waals surface area contributed by atoms with Crippen LogP contribution in [-0.4, -0.2) is 18.5 Å². The molecule has 0 spiro atoms. The van der Waals surface area contributed by atoms with Gasteiger partial charge in [-0.2, -0.15) is 5.26 Å². The van der Waals surface area contributed by atoms with E-state index >= 15 is 0 Å². The Labute approximate surface area is 152 Å². The van der Waals surface area contributed by atoms with Crippen LogP contribution >= 0.6 is 34.8 Å². The second-order valence-electron chi connectivity index (χ2n) is 4.50. The van der Waals surface area contributed by atoms with Crippen LogP contribution in [0.1, 0.15) is 15.9 Å². The molecule has 0 aromatic heterocycles. The number of hydrogen-bond donors (Lipinski definition) is 1. The fourth-order valence-corrected chi connectivity index (χ4v) is 2.48. The number of nitriles is 1. The maximum atomic E-state index is 12.0. The summed E-state index contributed by atoms with van der Waals surface area (Å²) in [6, 6.07) is 11.2. The Balaban J connectivity index is 2.04. The molecule has 0 aliphatic carbocycles. The summed E-state index contributed by atoms with van der Waals surface area (Å²) < 4.78 is 4.89. The van der Waals surface area contributed by atoms with Crippen molar-refractivity contribution in [3.05, 3.63) is 62.6 Å². The van der Waals surface area contributed by atoms with E-state index < -0.39 is 18.5 Å². The van der Waals surface area contributed by atoms with Gasteiger partial charge in [-0.15, -0.1) is 0 Å². The summed E-state index contributed by atoms with van der Waals surface area (Å²) in [5.74, 6) is -1.49. The van der Waals surface area contributed by atoms with E-state index in [4.69, 9.17) is 44.8 Å². The van der Waals surface area contributed by atoms with E-state index in [9.17, 15) is 9.59 Å². The Hall–Kier alpha value is -2.26. The summed E-state index contributed by atoms with van der Waals surface area (Å²) in [6.45, 7) is -0.572. The molecule has 122 valence electrons. The van der Waals surface area contributed by atoms with Gasteiger partial charge in [-0.05, 0) is 24.3 Å². The minimum atomic E-state index is -0.879. The SMILES string of the molecule is N#Cc1ccccc1NC(=O)COC(=O)c1c(Cl)ccc(Cl)c1Cl. The van der Waals surface area contributed by atoms with Crippen molar-refractivity contribution >= 4 is 52.4 Å². The number of hydrogen-bond acceptors (Lipinski definition) is 4. The van der Waals surface area contributed by atoms with Crippen molar-refractivity contribution in [2.45, 2.75) is 0 Å². The van der Waals surface area contributed by atoms with Crippen LogP contribution in [0.3, 0.4) is 0 Å². The van der Waals surface area contributed by atoms with E-state index in [1.807, 2.05) is 6.07 Å². The molecule has 0 saturated heterocycles. The van der Waals surface area contributed by atoms with E-state index in [1.165, 1.54) is 12.1 Å². The van der Waals surface area contributed by atoms with Crippen molar-refractivity contribution in [1.29, 1.82) is 5.26 Å². The van der Waals surface area contributed by atoms with Crippen molar-refractivity contribution in [3.63, 3.8) is 0 Å². The first-order valence-corrected chi connectivity index (χ1v) is 7.67. The van der Waals surface area contributed by atoms with Crippen LogP contribution in [0.4, 0.5) is 5.69 Å². The molecule has 8 heteroatoms. The van der Waals surface area contributed by atoms with E-state index in [-0.39, 0.29) is 26.2 Å². The maximum Gasteiger partial charge on any atom is 0.341 e. The molecule has 0 radical (unpaired) electrons. The van der Waals surface area contributed by atoms with Gasteiger partial charge >= 0.3 is 5.97 Å². The van der Waals surface area contributed by atoms with E-state index in [0.29, 0.717) is 5.69 Å². The first-order chi connectivity index (χ1) is 11.4.